The van der Waals surface area contributed by atoms with Crippen LogP contribution in [0.1, 0.15) is 74.3 Å². The molecule has 6 aliphatic rings. The van der Waals surface area contributed by atoms with Crippen molar-refractivity contribution in [1.29, 1.82) is 0 Å². The minimum absolute atomic E-state index is 0.166. The van der Waals surface area contributed by atoms with Crippen molar-refractivity contribution >= 4 is 52.1 Å². The van der Waals surface area contributed by atoms with Crippen LogP contribution in [0.3, 0.4) is 0 Å². The molecule has 0 N–H and O–H groups in total. The summed E-state index contributed by atoms with van der Waals surface area (Å²) < 4.78 is 0. The number of hydrogen-bond donors (Lipinski definition) is 0. The van der Waals surface area contributed by atoms with Gasteiger partial charge in [0.2, 0.25) is 0 Å². The van der Waals surface area contributed by atoms with Gasteiger partial charge in [0.1, 0.15) is 0 Å². The molecule has 0 bridgehead atoms. The smallest absolute Gasteiger partial charge is 0.0560 e. The van der Waals surface area contributed by atoms with Gasteiger partial charge in [-0.1, -0.05) is 226 Å². The summed E-state index contributed by atoms with van der Waals surface area (Å²) in [7, 11) is 0. The fourth-order valence-electron chi connectivity index (χ4n) is 11.2. The minimum atomic E-state index is 0.166. The van der Waals surface area contributed by atoms with Gasteiger partial charge in [-0.2, -0.15) is 0 Å². The van der Waals surface area contributed by atoms with Crippen molar-refractivity contribution < 1.29 is 0 Å². The molecule has 0 radical (unpaired) electrons. The van der Waals surface area contributed by atoms with Crippen LogP contribution in [-0.4, -0.2) is 6.04 Å². The summed E-state index contributed by atoms with van der Waals surface area (Å²) >= 11 is 0. The molecular formula is C71H66N2. The van der Waals surface area contributed by atoms with Crippen LogP contribution < -0.4 is 9.80 Å². The van der Waals surface area contributed by atoms with Crippen molar-refractivity contribution in [2.75, 3.05) is 9.80 Å². The Morgan fingerprint density at radius 2 is 1.29 bits per heavy atom. The maximum absolute atomic E-state index is 2.55. The third-order valence-electron chi connectivity index (χ3n) is 15.3. The molecule has 360 valence electrons. The van der Waals surface area contributed by atoms with Gasteiger partial charge in [0.05, 0.1) is 6.04 Å². The van der Waals surface area contributed by atoms with Crippen molar-refractivity contribution in [1.82, 2.24) is 0 Å². The number of hydrogen-bond acceptors (Lipinski definition) is 2. The zero-order valence-corrected chi connectivity index (χ0v) is 42.6. The Balaban J connectivity index is 0.000000166. The summed E-state index contributed by atoms with van der Waals surface area (Å²) in [5.74, 6) is 1.87. The molecule has 13 rings (SSSR count). The standard InChI is InChI=1S/C42H35N.C27H25N.C2H6/c1-2-9-29(10-3-1)21-23-42-24-22-36(27-34(42)28-42)43(40-16-8-13-33-26-39(33)40)35-19-17-30(18-20-35)41-37-14-6-4-11-31(37)25-32-12-5-7-15-38(32)41;1-22-12-18-26(19-13-22)28(25-10-6-3-7-11-25)27-20-16-24(17-21-27)15-14-23-8-4-2-5-9-23;1-2/h1-6,8-14,16-25,27,33-34,39H,7,15,26,28H2;2-18,20-21,26H,19H2,1H3;1-2H3/b23-21+;15-14+;. The lowest BCUT2D eigenvalue weighted by Gasteiger charge is -2.33. The SMILES string of the molecule is C1=CC2CC2C(N(C2=CC3CC3(/C=C/c3ccccc3)C=C2)c2ccc(-c3c4c(cc5ccccc35)C=CCC4)cc2)=C1.CC.CC1=CCC(N(c2ccccc2)c2ccc(/C=C/c3ccccc3)cc2)C=C1. The van der Waals surface area contributed by atoms with Gasteiger partial charge < -0.3 is 9.80 Å². The van der Waals surface area contributed by atoms with E-state index in [1.54, 1.807) is 0 Å². The maximum Gasteiger partial charge on any atom is 0.0560 e. The number of nitrogens with zero attached hydrogens (tertiary/aromatic N) is 2. The monoisotopic (exact) mass is 947 g/mol. The molecule has 6 aliphatic carbocycles. The van der Waals surface area contributed by atoms with E-state index in [-0.39, 0.29) is 5.41 Å². The van der Waals surface area contributed by atoms with E-state index in [2.05, 4.69) is 272 Å². The Morgan fingerprint density at radius 3 is 2.00 bits per heavy atom. The Labute approximate surface area is 434 Å². The Kier molecular flexibility index (Phi) is 13.9. The van der Waals surface area contributed by atoms with Crippen LogP contribution in [-0.2, 0) is 6.42 Å². The molecule has 0 aliphatic heterocycles. The van der Waals surface area contributed by atoms with Crippen LogP contribution in [0, 0.1) is 23.2 Å². The molecule has 0 spiro atoms. The zero-order chi connectivity index (χ0) is 49.6. The van der Waals surface area contributed by atoms with Crippen LogP contribution >= 0.6 is 0 Å². The molecule has 2 fully saturated rings. The topological polar surface area (TPSA) is 6.48 Å². The first kappa shape index (κ1) is 47.4. The maximum atomic E-state index is 2.55. The fraction of sp³-hybridized carbons (Fsp3) is 0.183. The van der Waals surface area contributed by atoms with Gasteiger partial charge in [-0.3, -0.25) is 0 Å². The number of para-hydroxylation sites is 1. The lowest BCUT2D eigenvalue weighted by molar-refractivity contribution is 0.768. The van der Waals surface area contributed by atoms with E-state index in [0.29, 0.717) is 23.8 Å². The van der Waals surface area contributed by atoms with Gasteiger partial charge in [-0.05, 0) is 155 Å². The molecule has 7 aromatic rings. The van der Waals surface area contributed by atoms with Crippen molar-refractivity contribution in [2.45, 2.75) is 58.9 Å². The molecule has 0 aromatic heterocycles. The van der Waals surface area contributed by atoms with Gasteiger partial charge in [0.25, 0.3) is 0 Å². The lowest BCUT2D eigenvalue weighted by atomic mass is 9.85. The van der Waals surface area contributed by atoms with E-state index < -0.39 is 0 Å². The second-order valence-corrected chi connectivity index (χ2v) is 20.1. The first-order chi connectivity index (χ1) is 36.0. The van der Waals surface area contributed by atoms with Crippen molar-refractivity contribution in [2.24, 2.45) is 23.2 Å². The summed E-state index contributed by atoms with van der Waals surface area (Å²) in [5, 5.41) is 2.67. The van der Waals surface area contributed by atoms with E-state index in [1.165, 1.54) is 96.6 Å². The van der Waals surface area contributed by atoms with Crippen LogP contribution in [0.5, 0.6) is 0 Å². The second kappa shape index (κ2) is 21.4. The highest BCUT2D eigenvalue weighted by atomic mass is 15.2. The molecular weight excluding hydrogens is 881 g/mol. The molecule has 73 heavy (non-hydrogen) atoms. The van der Waals surface area contributed by atoms with Gasteiger partial charge in [-0.15, -0.1) is 0 Å². The summed E-state index contributed by atoms with van der Waals surface area (Å²) in [6.45, 7) is 6.16. The van der Waals surface area contributed by atoms with Crippen molar-refractivity contribution in [3.8, 4) is 11.1 Å². The summed E-state index contributed by atoms with van der Waals surface area (Å²) in [4.78, 5) is 4.98. The molecule has 2 saturated carbocycles. The number of allylic oxidation sites excluding steroid dienone is 11. The molecule has 5 unspecified atom stereocenters. The predicted molar refractivity (Wildman–Crippen MR) is 314 cm³/mol. The highest BCUT2D eigenvalue weighted by Gasteiger charge is 2.51. The van der Waals surface area contributed by atoms with Crippen molar-refractivity contribution in [3.05, 3.63) is 281 Å². The molecule has 5 atom stereocenters. The van der Waals surface area contributed by atoms with E-state index in [1.807, 2.05) is 19.9 Å². The number of anilines is 3. The predicted octanol–water partition coefficient (Wildman–Crippen LogP) is 18.8. The quantitative estimate of drug-likeness (QED) is 0.119. The summed E-state index contributed by atoms with van der Waals surface area (Å²) in [6.07, 6.45) is 40.6. The van der Waals surface area contributed by atoms with Gasteiger partial charge in [0, 0.05) is 39.8 Å². The van der Waals surface area contributed by atoms with Crippen LogP contribution in [0.15, 0.2) is 254 Å². The normalized spacial score (nSPS) is 21.6. The van der Waals surface area contributed by atoms with E-state index >= 15 is 0 Å². The van der Waals surface area contributed by atoms with Crippen LogP contribution in [0.4, 0.5) is 17.1 Å². The zero-order valence-electron chi connectivity index (χ0n) is 42.6. The van der Waals surface area contributed by atoms with Crippen LogP contribution in [0.25, 0.3) is 46.2 Å². The molecule has 7 aromatic carbocycles. The Morgan fingerprint density at radius 1 is 0.630 bits per heavy atom. The fourth-order valence-corrected chi connectivity index (χ4v) is 11.2. The first-order valence-electron chi connectivity index (χ1n) is 26.7. The molecule has 2 nitrogen and oxygen atoms in total. The number of rotatable bonds is 11. The van der Waals surface area contributed by atoms with Crippen molar-refractivity contribution in [3.63, 3.8) is 0 Å². The average Bonchev–Trinajstić information content (AvgIpc) is 4.40. The molecule has 0 amide bonds. The van der Waals surface area contributed by atoms with Gasteiger partial charge in [-0.25, -0.2) is 0 Å². The number of fused-ring (bicyclic) bond motifs is 4. The third kappa shape index (κ3) is 10.4. The molecule has 0 saturated heterocycles. The van der Waals surface area contributed by atoms with Gasteiger partial charge in [0.15, 0.2) is 0 Å². The number of benzene rings is 7. The minimum Gasteiger partial charge on any atom is -0.334 e. The van der Waals surface area contributed by atoms with E-state index in [0.717, 1.165) is 19.3 Å². The Hall–Kier alpha value is -7.94. The highest BCUT2D eigenvalue weighted by Crippen LogP contribution is 2.60. The Bertz CT molecular complexity index is 3340. The summed E-state index contributed by atoms with van der Waals surface area (Å²) in [5.41, 5.74) is 17.2. The summed E-state index contributed by atoms with van der Waals surface area (Å²) in [6, 6.07) is 61.6. The average molecular weight is 947 g/mol. The second-order valence-electron chi connectivity index (χ2n) is 20.1. The van der Waals surface area contributed by atoms with Gasteiger partial charge >= 0.3 is 0 Å². The first-order valence-corrected chi connectivity index (χ1v) is 26.7. The van der Waals surface area contributed by atoms with E-state index in [4.69, 9.17) is 0 Å². The molecule has 2 heteroatoms. The lowest BCUT2D eigenvalue weighted by Crippen LogP contribution is -2.30. The van der Waals surface area contributed by atoms with Crippen LogP contribution in [0.2, 0.25) is 0 Å². The highest BCUT2D eigenvalue weighted by molar-refractivity contribution is 6.01. The van der Waals surface area contributed by atoms with E-state index in [9.17, 15) is 0 Å². The third-order valence-corrected chi connectivity index (χ3v) is 15.3. The largest absolute Gasteiger partial charge is 0.334 e. The molecule has 0 heterocycles.